The Kier molecular flexibility index (Phi) is 3.22. The average molecular weight is 253 g/mol. The molecule has 1 saturated carbocycles. The molecule has 1 heteroatoms. The van der Waals surface area contributed by atoms with Crippen molar-refractivity contribution in [3.63, 3.8) is 0 Å². The maximum atomic E-state index is 2.50. The van der Waals surface area contributed by atoms with Gasteiger partial charge in [0.25, 0.3) is 0 Å². The molecule has 1 aliphatic carbocycles. The Bertz CT molecular complexity index is 530. The van der Waals surface area contributed by atoms with Crippen LogP contribution in [0.3, 0.4) is 0 Å². The summed E-state index contributed by atoms with van der Waals surface area (Å²) < 4.78 is 0. The lowest BCUT2D eigenvalue weighted by molar-refractivity contribution is 0.318. The van der Waals surface area contributed by atoms with Crippen molar-refractivity contribution >= 4 is 11.8 Å². The molecule has 1 aliphatic heterocycles. The average Bonchev–Trinajstić information content (AvgIpc) is 2.36. The molecule has 1 nitrogen and oxygen atoms in total. The Labute approximate surface area is 116 Å². The second-order valence-electron chi connectivity index (χ2n) is 6.10. The SMILES string of the molecule is CC(C)C(C)N1C=Cc2ccccc2C1=C1CCC1. The predicted octanol–water partition coefficient (Wildman–Crippen LogP) is 4.91. The first kappa shape index (κ1) is 12.5. The molecule has 100 valence electrons. The van der Waals surface area contributed by atoms with Gasteiger partial charge in [0.15, 0.2) is 0 Å². The van der Waals surface area contributed by atoms with Crippen LogP contribution in [0.25, 0.3) is 11.8 Å². The molecule has 1 aromatic carbocycles. The van der Waals surface area contributed by atoms with Crippen molar-refractivity contribution in [3.05, 3.63) is 47.2 Å². The molecule has 0 radical (unpaired) electrons. The summed E-state index contributed by atoms with van der Waals surface area (Å²) in [6, 6.07) is 9.35. The molecule has 0 aromatic heterocycles. The van der Waals surface area contributed by atoms with E-state index in [1.807, 2.05) is 0 Å². The van der Waals surface area contributed by atoms with E-state index >= 15 is 0 Å². The van der Waals surface area contributed by atoms with E-state index in [1.165, 1.54) is 36.1 Å². The van der Waals surface area contributed by atoms with E-state index in [-0.39, 0.29) is 0 Å². The van der Waals surface area contributed by atoms with Crippen LogP contribution in [0.15, 0.2) is 36.0 Å². The normalized spacial score (nSPS) is 19.5. The number of benzene rings is 1. The molecule has 0 bridgehead atoms. The first-order chi connectivity index (χ1) is 9.18. The van der Waals surface area contributed by atoms with Gasteiger partial charge >= 0.3 is 0 Å². The molecule has 0 amide bonds. The van der Waals surface area contributed by atoms with E-state index in [2.05, 4.69) is 62.2 Å². The summed E-state index contributed by atoms with van der Waals surface area (Å²) in [5.74, 6) is 0.658. The van der Waals surface area contributed by atoms with E-state index < -0.39 is 0 Å². The van der Waals surface area contributed by atoms with Crippen LogP contribution in [0.4, 0.5) is 0 Å². The van der Waals surface area contributed by atoms with Crippen LogP contribution in [0.2, 0.25) is 0 Å². The molecule has 19 heavy (non-hydrogen) atoms. The fourth-order valence-electron chi connectivity index (χ4n) is 2.86. The van der Waals surface area contributed by atoms with Crippen LogP contribution < -0.4 is 0 Å². The van der Waals surface area contributed by atoms with Gasteiger partial charge in [-0.2, -0.15) is 0 Å². The molecule has 1 heterocycles. The van der Waals surface area contributed by atoms with Crippen molar-refractivity contribution < 1.29 is 0 Å². The fraction of sp³-hybridized carbons (Fsp3) is 0.444. The van der Waals surface area contributed by atoms with Gasteiger partial charge in [0, 0.05) is 23.5 Å². The van der Waals surface area contributed by atoms with Crippen molar-refractivity contribution in [2.24, 2.45) is 5.92 Å². The van der Waals surface area contributed by atoms with E-state index in [0.29, 0.717) is 12.0 Å². The lowest BCUT2D eigenvalue weighted by Crippen LogP contribution is -2.34. The number of rotatable bonds is 2. The number of allylic oxidation sites excluding steroid dienone is 1. The third-order valence-electron chi connectivity index (χ3n) is 4.58. The third-order valence-corrected chi connectivity index (χ3v) is 4.58. The van der Waals surface area contributed by atoms with Gasteiger partial charge in [0.1, 0.15) is 0 Å². The second-order valence-corrected chi connectivity index (χ2v) is 6.10. The van der Waals surface area contributed by atoms with Crippen molar-refractivity contribution in [1.82, 2.24) is 4.90 Å². The fourth-order valence-corrected chi connectivity index (χ4v) is 2.86. The maximum absolute atomic E-state index is 2.50. The highest BCUT2D eigenvalue weighted by Gasteiger charge is 2.27. The van der Waals surface area contributed by atoms with Crippen LogP contribution in [0.5, 0.6) is 0 Å². The van der Waals surface area contributed by atoms with Crippen LogP contribution in [0.1, 0.15) is 51.2 Å². The summed E-state index contributed by atoms with van der Waals surface area (Å²) in [5.41, 5.74) is 5.92. The monoisotopic (exact) mass is 253 g/mol. The topological polar surface area (TPSA) is 3.24 Å². The Morgan fingerprint density at radius 1 is 1.05 bits per heavy atom. The molecule has 2 aliphatic rings. The minimum Gasteiger partial charge on any atom is -0.344 e. The van der Waals surface area contributed by atoms with Crippen LogP contribution >= 0.6 is 0 Å². The van der Waals surface area contributed by atoms with Gasteiger partial charge in [0.2, 0.25) is 0 Å². The summed E-state index contributed by atoms with van der Waals surface area (Å²) in [6.07, 6.45) is 8.46. The van der Waals surface area contributed by atoms with E-state index in [0.717, 1.165) is 0 Å². The van der Waals surface area contributed by atoms with E-state index in [9.17, 15) is 0 Å². The summed E-state index contributed by atoms with van der Waals surface area (Å²) in [5, 5.41) is 0. The highest BCUT2D eigenvalue weighted by Crippen LogP contribution is 2.40. The summed E-state index contributed by atoms with van der Waals surface area (Å²) in [7, 11) is 0. The molecule has 1 fully saturated rings. The molecule has 1 aromatic rings. The van der Waals surface area contributed by atoms with Crippen LogP contribution in [-0.4, -0.2) is 10.9 Å². The molecule has 0 spiro atoms. The van der Waals surface area contributed by atoms with Crippen molar-refractivity contribution in [3.8, 4) is 0 Å². The molecular formula is C18H23N. The van der Waals surface area contributed by atoms with Gasteiger partial charge in [-0.1, -0.05) is 38.1 Å². The third kappa shape index (κ3) is 2.11. The Morgan fingerprint density at radius 2 is 1.79 bits per heavy atom. The minimum absolute atomic E-state index is 0.549. The molecule has 0 N–H and O–H groups in total. The number of hydrogen-bond donors (Lipinski definition) is 0. The Hall–Kier alpha value is -1.50. The standard InChI is InChI=1S/C18H23N/c1-13(2)14(3)19-12-11-15-7-4-5-10-17(15)18(19)16-8-6-9-16/h4-5,7,10-14H,6,8-9H2,1-3H3. The number of hydrogen-bond acceptors (Lipinski definition) is 1. The van der Waals surface area contributed by atoms with Gasteiger partial charge in [-0.3, -0.25) is 0 Å². The highest BCUT2D eigenvalue weighted by atomic mass is 15.2. The van der Waals surface area contributed by atoms with Gasteiger partial charge in [-0.15, -0.1) is 0 Å². The Balaban J connectivity index is 2.09. The van der Waals surface area contributed by atoms with Gasteiger partial charge in [-0.05, 0) is 49.3 Å². The van der Waals surface area contributed by atoms with E-state index in [1.54, 1.807) is 5.57 Å². The van der Waals surface area contributed by atoms with Crippen molar-refractivity contribution in [2.75, 3.05) is 0 Å². The lowest BCUT2D eigenvalue weighted by atomic mass is 9.84. The quantitative estimate of drug-likeness (QED) is 0.723. The zero-order valence-corrected chi connectivity index (χ0v) is 12.2. The molecule has 1 unspecified atom stereocenters. The largest absolute Gasteiger partial charge is 0.344 e. The molecule has 0 saturated heterocycles. The number of fused-ring (bicyclic) bond motifs is 1. The maximum Gasteiger partial charge on any atom is 0.0480 e. The molecule has 1 atom stereocenters. The van der Waals surface area contributed by atoms with Gasteiger partial charge in [0.05, 0.1) is 0 Å². The minimum atomic E-state index is 0.549. The smallest absolute Gasteiger partial charge is 0.0480 e. The van der Waals surface area contributed by atoms with Crippen molar-refractivity contribution in [2.45, 2.75) is 46.1 Å². The molecule has 3 rings (SSSR count). The summed E-state index contributed by atoms with van der Waals surface area (Å²) >= 11 is 0. The van der Waals surface area contributed by atoms with Crippen LogP contribution in [-0.2, 0) is 0 Å². The van der Waals surface area contributed by atoms with Crippen LogP contribution in [0, 0.1) is 5.92 Å². The summed E-state index contributed by atoms with van der Waals surface area (Å²) in [6.45, 7) is 6.95. The first-order valence-electron chi connectivity index (χ1n) is 7.46. The van der Waals surface area contributed by atoms with Crippen molar-refractivity contribution in [1.29, 1.82) is 0 Å². The zero-order chi connectivity index (χ0) is 13.4. The Morgan fingerprint density at radius 3 is 2.42 bits per heavy atom. The predicted molar refractivity (Wildman–Crippen MR) is 82.4 cm³/mol. The number of nitrogens with zero attached hydrogens (tertiary/aromatic N) is 1. The highest BCUT2D eigenvalue weighted by molar-refractivity contribution is 5.80. The first-order valence-corrected chi connectivity index (χ1v) is 7.46. The van der Waals surface area contributed by atoms with Gasteiger partial charge < -0.3 is 4.90 Å². The zero-order valence-electron chi connectivity index (χ0n) is 12.2. The van der Waals surface area contributed by atoms with E-state index in [4.69, 9.17) is 0 Å². The second kappa shape index (κ2) is 4.88. The summed E-state index contributed by atoms with van der Waals surface area (Å²) in [4.78, 5) is 2.50. The lowest BCUT2D eigenvalue weighted by Gasteiger charge is -2.39. The van der Waals surface area contributed by atoms with Gasteiger partial charge in [-0.25, -0.2) is 0 Å². The molecular weight excluding hydrogens is 230 g/mol.